The number of nitrogens with zero attached hydrogens (tertiary/aromatic N) is 1. The zero-order valence-corrected chi connectivity index (χ0v) is 17.6. The van der Waals surface area contributed by atoms with Gasteiger partial charge in [0.25, 0.3) is 5.91 Å². The number of benzene rings is 2. The lowest BCUT2D eigenvalue weighted by atomic mass is 10.2. The molecule has 1 saturated heterocycles. The minimum absolute atomic E-state index is 0.171. The van der Waals surface area contributed by atoms with E-state index in [1.165, 1.54) is 17.3 Å². The Morgan fingerprint density at radius 1 is 1.19 bits per heavy atom. The van der Waals surface area contributed by atoms with Crippen LogP contribution in [0.15, 0.2) is 50.8 Å². The summed E-state index contributed by atoms with van der Waals surface area (Å²) >= 11 is 4.78. The van der Waals surface area contributed by atoms with Crippen LogP contribution in [0.25, 0.3) is 6.08 Å². The third-order valence-electron chi connectivity index (χ3n) is 3.98. The minimum Gasteiger partial charge on any atom is -0.493 e. The Morgan fingerprint density at radius 2 is 1.93 bits per heavy atom. The van der Waals surface area contributed by atoms with Crippen LogP contribution >= 0.6 is 27.7 Å². The Labute approximate surface area is 171 Å². The molecule has 7 heteroatoms. The fourth-order valence-electron chi connectivity index (χ4n) is 2.58. The van der Waals surface area contributed by atoms with Gasteiger partial charge in [0.05, 0.1) is 29.3 Å². The van der Waals surface area contributed by atoms with Crippen molar-refractivity contribution in [1.29, 1.82) is 0 Å². The number of ether oxygens (including phenoxy) is 2. The Kier molecular flexibility index (Phi) is 6.23. The van der Waals surface area contributed by atoms with Gasteiger partial charge in [-0.25, -0.2) is 4.99 Å². The molecule has 5 nitrogen and oxygen atoms in total. The highest BCUT2D eigenvalue weighted by molar-refractivity contribution is 9.10. The molecule has 1 amide bonds. The number of aliphatic imine (C=N–C) groups is 1. The van der Waals surface area contributed by atoms with Crippen molar-refractivity contribution in [2.75, 3.05) is 14.2 Å². The number of hydrogen-bond donors (Lipinski definition) is 1. The summed E-state index contributed by atoms with van der Waals surface area (Å²) in [6.45, 7) is 2.11. The lowest BCUT2D eigenvalue weighted by Crippen LogP contribution is -2.19. The molecule has 0 aromatic heterocycles. The first-order chi connectivity index (χ1) is 13.0. The second-order valence-corrected chi connectivity index (χ2v) is 7.62. The standard InChI is InChI=1S/C20H19BrN2O3S/c1-4-12-5-7-14(8-6-12)22-20-23-19(24)17(27-20)11-13-9-15(21)18(26-3)16(10-13)25-2/h5-11H,4H2,1-3H3,(H,22,23,24). The summed E-state index contributed by atoms with van der Waals surface area (Å²) in [6.07, 6.45) is 2.78. The van der Waals surface area contributed by atoms with Crippen LogP contribution in [0.4, 0.5) is 5.69 Å². The van der Waals surface area contributed by atoms with Crippen LogP contribution in [0.3, 0.4) is 0 Å². The molecule has 0 saturated carbocycles. The number of halogens is 1. The maximum Gasteiger partial charge on any atom is 0.264 e. The van der Waals surface area contributed by atoms with Gasteiger partial charge >= 0.3 is 0 Å². The molecule has 3 rings (SSSR count). The molecule has 1 heterocycles. The molecule has 140 valence electrons. The van der Waals surface area contributed by atoms with Crippen molar-refractivity contribution >= 4 is 50.5 Å². The number of thioether (sulfide) groups is 1. The summed E-state index contributed by atoms with van der Waals surface area (Å²) in [4.78, 5) is 17.4. The second-order valence-electron chi connectivity index (χ2n) is 5.74. The third kappa shape index (κ3) is 4.54. The number of methoxy groups -OCH3 is 2. The van der Waals surface area contributed by atoms with Gasteiger partial charge in [-0.15, -0.1) is 0 Å². The Hall–Kier alpha value is -2.25. The molecule has 1 N–H and O–H groups in total. The number of carbonyl (C=O) groups is 1. The molecule has 2 aromatic carbocycles. The van der Waals surface area contributed by atoms with Gasteiger partial charge in [-0.1, -0.05) is 19.1 Å². The van der Waals surface area contributed by atoms with E-state index in [2.05, 4.69) is 33.2 Å². The van der Waals surface area contributed by atoms with Crippen molar-refractivity contribution in [3.05, 3.63) is 56.9 Å². The first-order valence-corrected chi connectivity index (χ1v) is 9.95. The summed E-state index contributed by atoms with van der Waals surface area (Å²) in [7, 11) is 3.16. The molecular weight excluding hydrogens is 428 g/mol. The van der Waals surface area contributed by atoms with E-state index in [1.807, 2.05) is 36.4 Å². The second kappa shape index (κ2) is 8.63. The Morgan fingerprint density at radius 3 is 2.56 bits per heavy atom. The highest BCUT2D eigenvalue weighted by atomic mass is 79.9. The number of hydrogen-bond acceptors (Lipinski definition) is 5. The van der Waals surface area contributed by atoms with Gasteiger partial charge in [-0.2, -0.15) is 0 Å². The van der Waals surface area contributed by atoms with Crippen molar-refractivity contribution < 1.29 is 14.3 Å². The van der Waals surface area contributed by atoms with Gasteiger partial charge in [0.1, 0.15) is 0 Å². The number of nitrogens with one attached hydrogen (secondary N) is 1. The molecule has 0 atom stereocenters. The molecule has 1 aliphatic heterocycles. The molecule has 2 aromatic rings. The monoisotopic (exact) mass is 446 g/mol. The van der Waals surface area contributed by atoms with E-state index in [4.69, 9.17) is 9.47 Å². The van der Waals surface area contributed by atoms with Gasteiger partial charge in [-0.3, -0.25) is 4.79 Å². The lowest BCUT2D eigenvalue weighted by molar-refractivity contribution is -0.115. The molecule has 0 unspecified atom stereocenters. The maximum atomic E-state index is 12.3. The highest BCUT2D eigenvalue weighted by Crippen LogP contribution is 2.38. The van der Waals surface area contributed by atoms with Crippen LogP contribution in [0.2, 0.25) is 0 Å². The topological polar surface area (TPSA) is 59.9 Å². The predicted molar refractivity (Wildman–Crippen MR) is 114 cm³/mol. The van der Waals surface area contributed by atoms with Crippen molar-refractivity contribution in [1.82, 2.24) is 5.32 Å². The molecular formula is C20H19BrN2O3S. The predicted octanol–water partition coefficient (Wildman–Crippen LogP) is 4.92. The van der Waals surface area contributed by atoms with E-state index >= 15 is 0 Å². The fraction of sp³-hybridized carbons (Fsp3) is 0.200. The van der Waals surface area contributed by atoms with Crippen LogP contribution in [0.5, 0.6) is 11.5 Å². The van der Waals surface area contributed by atoms with E-state index in [0.717, 1.165) is 22.1 Å². The zero-order chi connectivity index (χ0) is 19.4. The van der Waals surface area contributed by atoms with E-state index < -0.39 is 0 Å². The van der Waals surface area contributed by atoms with Gasteiger partial charge < -0.3 is 14.8 Å². The number of aryl methyl sites for hydroxylation is 1. The molecule has 27 heavy (non-hydrogen) atoms. The SMILES string of the molecule is CCc1ccc(N=C2NC(=O)C(=Cc3cc(Br)c(OC)c(OC)c3)S2)cc1. The Balaban J connectivity index is 1.84. The van der Waals surface area contributed by atoms with Crippen molar-refractivity contribution in [3.8, 4) is 11.5 Å². The Bertz CT molecular complexity index is 924. The summed E-state index contributed by atoms with van der Waals surface area (Å²) in [5.41, 5.74) is 2.89. The molecule has 0 radical (unpaired) electrons. The lowest BCUT2D eigenvalue weighted by Gasteiger charge is -2.10. The summed E-state index contributed by atoms with van der Waals surface area (Å²) in [5.74, 6) is 1.03. The number of rotatable bonds is 5. The molecule has 0 aliphatic carbocycles. The number of amidine groups is 1. The average Bonchev–Trinajstić information content (AvgIpc) is 3.00. The van der Waals surface area contributed by atoms with E-state index in [9.17, 15) is 4.79 Å². The van der Waals surface area contributed by atoms with Crippen LogP contribution < -0.4 is 14.8 Å². The minimum atomic E-state index is -0.171. The third-order valence-corrected chi connectivity index (χ3v) is 5.48. The maximum absolute atomic E-state index is 12.3. The quantitative estimate of drug-likeness (QED) is 0.661. The highest BCUT2D eigenvalue weighted by Gasteiger charge is 2.24. The van der Waals surface area contributed by atoms with Gasteiger partial charge in [0.15, 0.2) is 16.7 Å². The van der Waals surface area contributed by atoms with Crippen molar-refractivity contribution in [3.63, 3.8) is 0 Å². The van der Waals surface area contributed by atoms with Gasteiger partial charge in [-0.05, 0) is 75.6 Å². The van der Waals surface area contributed by atoms with Crippen molar-refractivity contribution in [2.45, 2.75) is 13.3 Å². The van der Waals surface area contributed by atoms with Crippen LogP contribution in [-0.2, 0) is 11.2 Å². The largest absolute Gasteiger partial charge is 0.493 e. The normalized spacial score (nSPS) is 16.7. The smallest absolute Gasteiger partial charge is 0.264 e. The van der Waals surface area contributed by atoms with Gasteiger partial charge in [0.2, 0.25) is 0 Å². The first kappa shape index (κ1) is 19.5. The molecule has 1 fully saturated rings. The van der Waals surface area contributed by atoms with Crippen LogP contribution in [-0.4, -0.2) is 25.3 Å². The fourth-order valence-corrected chi connectivity index (χ4v) is 4.04. The summed E-state index contributed by atoms with van der Waals surface area (Å²) in [5, 5.41) is 3.37. The van der Waals surface area contributed by atoms with Crippen LogP contribution in [0, 0.1) is 0 Å². The van der Waals surface area contributed by atoms with E-state index in [0.29, 0.717) is 21.6 Å². The van der Waals surface area contributed by atoms with Gasteiger partial charge in [0, 0.05) is 0 Å². The average molecular weight is 447 g/mol. The molecule has 1 aliphatic rings. The number of amides is 1. The number of carbonyl (C=O) groups excluding carboxylic acids is 1. The van der Waals surface area contributed by atoms with Crippen LogP contribution in [0.1, 0.15) is 18.1 Å². The first-order valence-electron chi connectivity index (χ1n) is 8.34. The van der Waals surface area contributed by atoms with Crippen molar-refractivity contribution in [2.24, 2.45) is 4.99 Å². The van der Waals surface area contributed by atoms with E-state index in [-0.39, 0.29) is 5.91 Å². The van der Waals surface area contributed by atoms with E-state index in [1.54, 1.807) is 20.3 Å². The summed E-state index contributed by atoms with van der Waals surface area (Å²) in [6, 6.07) is 11.7. The molecule has 0 spiro atoms. The summed E-state index contributed by atoms with van der Waals surface area (Å²) < 4.78 is 11.4. The zero-order valence-electron chi connectivity index (χ0n) is 15.2. The molecule has 0 bridgehead atoms.